The van der Waals surface area contributed by atoms with E-state index in [1.165, 1.54) is 12.1 Å². The normalized spacial score (nSPS) is 11.3. The number of rotatable bonds is 3. The number of imidazole rings is 1. The first-order chi connectivity index (χ1) is 13.3. The number of aryl methyl sites for hydroxylation is 3. The van der Waals surface area contributed by atoms with Crippen molar-refractivity contribution in [2.75, 3.05) is 5.73 Å². The number of pyridine rings is 1. The number of nitrogens with zero attached hydrogens (tertiary/aromatic N) is 3. The number of nitrogens with two attached hydrogens (primary N) is 1. The maximum atomic E-state index is 13.2. The summed E-state index contributed by atoms with van der Waals surface area (Å²) < 4.78 is 16.9. The summed E-state index contributed by atoms with van der Waals surface area (Å²) in [6, 6.07) is 12.2. The number of hydrogen-bond acceptors (Lipinski definition) is 3. The van der Waals surface area contributed by atoms with Crippen LogP contribution in [-0.4, -0.2) is 14.1 Å². The highest BCUT2D eigenvalue weighted by atomic mass is 19.1. The Balaban J connectivity index is 1.87. The zero-order valence-corrected chi connectivity index (χ0v) is 16.0. The van der Waals surface area contributed by atoms with E-state index in [0.29, 0.717) is 17.8 Å². The molecular weight excluding hydrogens is 355 g/mol. The van der Waals surface area contributed by atoms with Crippen LogP contribution < -0.4 is 11.3 Å². The Hall–Kier alpha value is -3.41. The van der Waals surface area contributed by atoms with Gasteiger partial charge in [0.25, 0.3) is 5.56 Å². The van der Waals surface area contributed by atoms with Crippen molar-refractivity contribution in [2.45, 2.75) is 20.4 Å². The van der Waals surface area contributed by atoms with Gasteiger partial charge in [0.1, 0.15) is 17.2 Å². The van der Waals surface area contributed by atoms with Crippen molar-refractivity contribution in [1.82, 2.24) is 14.1 Å². The van der Waals surface area contributed by atoms with Crippen LogP contribution in [0.5, 0.6) is 0 Å². The Kier molecular flexibility index (Phi) is 4.26. The molecule has 0 spiro atoms. The molecule has 0 unspecified atom stereocenters. The largest absolute Gasteiger partial charge is 0.397 e. The molecule has 0 saturated heterocycles. The molecule has 0 radical (unpaired) electrons. The molecule has 0 aliphatic rings. The monoisotopic (exact) mass is 376 g/mol. The number of anilines is 1. The van der Waals surface area contributed by atoms with Crippen LogP contribution >= 0.6 is 0 Å². The SMILES string of the molecule is Cc1cc(-c2cc(N)c3nc(C)n(Cc4ccc(F)cc4)c3c2)cn(C)c1=O. The fourth-order valence-corrected chi connectivity index (χ4v) is 3.54. The van der Waals surface area contributed by atoms with E-state index in [-0.39, 0.29) is 11.4 Å². The molecule has 4 aromatic rings. The zero-order valence-electron chi connectivity index (χ0n) is 16.0. The summed E-state index contributed by atoms with van der Waals surface area (Å²) in [6.45, 7) is 4.30. The predicted molar refractivity (Wildman–Crippen MR) is 110 cm³/mol. The predicted octanol–water partition coefficient (Wildman–Crippen LogP) is 3.79. The molecular formula is C22H21FN4O. The van der Waals surface area contributed by atoms with Gasteiger partial charge >= 0.3 is 0 Å². The fourth-order valence-electron chi connectivity index (χ4n) is 3.54. The van der Waals surface area contributed by atoms with Gasteiger partial charge in [-0.2, -0.15) is 0 Å². The molecule has 6 heteroatoms. The summed E-state index contributed by atoms with van der Waals surface area (Å²) in [6.07, 6.45) is 1.81. The Bertz CT molecular complexity index is 1230. The molecule has 142 valence electrons. The van der Waals surface area contributed by atoms with E-state index >= 15 is 0 Å². The van der Waals surface area contributed by atoms with Gasteiger partial charge in [-0.15, -0.1) is 0 Å². The van der Waals surface area contributed by atoms with Crippen molar-refractivity contribution in [2.24, 2.45) is 7.05 Å². The third kappa shape index (κ3) is 3.07. The molecule has 0 aliphatic carbocycles. The lowest BCUT2D eigenvalue weighted by Gasteiger charge is -2.11. The summed E-state index contributed by atoms with van der Waals surface area (Å²) in [7, 11) is 1.74. The van der Waals surface area contributed by atoms with Gasteiger partial charge in [0.15, 0.2) is 0 Å². The van der Waals surface area contributed by atoms with Crippen LogP contribution in [0.1, 0.15) is 17.0 Å². The standard InChI is InChI=1S/C22H21FN4O/c1-13-8-17(12-26(3)22(13)28)16-9-19(24)21-20(10-16)27(14(2)25-21)11-15-4-6-18(23)7-5-15/h4-10,12H,11,24H2,1-3H3. The second-order valence-electron chi connectivity index (χ2n) is 7.13. The molecule has 2 N–H and O–H groups in total. The highest BCUT2D eigenvalue weighted by Crippen LogP contribution is 2.30. The third-order valence-corrected chi connectivity index (χ3v) is 5.02. The molecule has 2 heterocycles. The molecule has 2 aromatic heterocycles. The van der Waals surface area contributed by atoms with E-state index in [9.17, 15) is 9.18 Å². The average molecular weight is 376 g/mol. The van der Waals surface area contributed by atoms with Gasteiger partial charge < -0.3 is 14.9 Å². The molecule has 2 aromatic carbocycles. The molecule has 0 amide bonds. The fraction of sp³-hybridized carbons (Fsp3) is 0.182. The van der Waals surface area contributed by atoms with Crippen molar-refractivity contribution < 1.29 is 4.39 Å². The minimum atomic E-state index is -0.257. The molecule has 4 rings (SSSR count). The Morgan fingerprint density at radius 2 is 1.79 bits per heavy atom. The number of nitrogen functional groups attached to an aromatic ring is 1. The second kappa shape index (κ2) is 6.64. The van der Waals surface area contributed by atoms with Gasteiger partial charge in [-0.25, -0.2) is 9.37 Å². The smallest absolute Gasteiger partial charge is 0.253 e. The molecule has 0 fully saturated rings. The summed E-state index contributed by atoms with van der Waals surface area (Å²) in [4.78, 5) is 16.6. The van der Waals surface area contributed by atoms with Crippen LogP contribution in [-0.2, 0) is 13.6 Å². The molecule has 0 bridgehead atoms. The van der Waals surface area contributed by atoms with Gasteiger partial charge in [-0.1, -0.05) is 12.1 Å². The van der Waals surface area contributed by atoms with Crippen molar-refractivity contribution in [3.8, 4) is 11.1 Å². The molecule has 28 heavy (non-hydrogen) atoms. The van der Waals surface area contributed by atoms with E-state index in [2.05, 4.69) is 9.55 Å². The summed E-state index contributed by atoms with van der Waals surface area (Å²) in [5.41, 5.74) is 12.0. The number of halogens is 1. The maximum Gasteiger partial charge on any atom is 0.253 e. The molecule has 0 saturated carbocycles. The Morgan fingerprint density at radius 3 is 2.46 bits per heavy atom. The number of aromatic nitrogens is 3. The minimum Gasteiger partial charge on any atom is -0.397 e. The highest BCUT2D eigenvalue weighted by Gasteiger charge is 2.14. The molecule has 0 aliphatic heterocycles. The van der Waals surface area contributed by atoms with Gasteiger partial charge in [0.2, 0.25) is 0 Å². The van der Waals surface area contributed by atoms with Crippen LogP contribution in [0.2, 0.25) is 0 Å². The Labute approximate surface area is 161 Å². The van der Waals surface area contributed by atoms with Gasteiger partial charge in [0.05, 0.1) is 11.2 Å². The second-order valence-corrected chi connectivity index (χ2v) is 7.13. The third-order valence-electron chi connectivity index (χ3n) is 5.02. The van der Waals surface area contributed by atoms with Crippen LogP contribution in [0.3, 0.4) is 0 Å². The van der Waals surface area contributed by atoms with Crippen LogP contribution in [0.15, 0.2) is 53.5 Å². The van der Waals surface area contributed by atoms with Crippen LogP contribution in [0.4, 0.5) is 10.1 Å². The number of hydrogen-bond donors (Lipinski definition) is 1. The summed E-state index contributed by atoms with van der Waals surface area (Å²) in [5, 5.41) is 0. The minimum absolute atomic E-state index is 0.0185. The van der Waals surface area contributed by atoms with Crippen molar-refractivity contribution in [3.63, 3.8) is 0 Å². The summed E-state index contributed by atoms with van der Waals surface area (Å²) >= 11 is 0. The van der Waals surface area contributed by atoms with Gasteiger partial charge in [-0.05, 0) is 60.9 Å². The van der Waals surface area contributed by atoms with Crippen molar-refractivity contribution >= 4 is 16.7 Å². The van der Waals surface area contributed by atoms with Crippen molar-refractivity contribution in [3.05, 3.63) is 81.8 Å². The molecule has 5 nitrogen and oxygen atoms in total. The first-order valence-corrected chi connectivity index (χ1v) is 9.02. The topological polar surface area (TPSA) is 65.8 Å². The van der Waals surface area contributed by atoms with E-state index in [0.717, 1.165) is 33.5 Å². The Morgan fingerprint density at radius 1 is 1.07 bits per heavy atom. The lowest BCUT2D eigenvalue weighted by Crippen LogP contribution is -2.18. The van der Waals surface area contributed by atoms with Gasteiger partial charge in [-0.3, -0.25) is 4.79 Å². The van der Waals surface area contributed by atoms with Crippen molar-refractivity contribution in [1.29, 1.82) is 0 Å². The maximum absolute atomic E-state index is 13.2. The lowest BCUT2D eigenvalue weighted by molar-refractivity contribution is 0.626. The zero-order chi connectivity index (χ0) is 20.0. The number of fused-ring (bicyclic) bond motifs is 1. The average Bonchev–Trinajstić information content (AvgIpc) is 2.97. The summed E-state index contributed by atoms with van der Waals surface area (Å²) in [5.74, 6) is 0.576. The van der Waals surface area contributed by atoms with E-state index in [1.807, 2.05) is 31.3 Å². The van der Waals surface area contributed by atoms with Gasteiger partial charge in [0, 0.05) is 25.4 Å². The van der Waals surface area contributed by atoms with E-state index in [4.69, 9.17) is 5.73 Å². The first kappa shape index (κ1) is 18.0. The highest BCUT2D eigenvalue weighted by molar-refractivity contribution is 5.92. The van der Waals surface area contributed by atoms with E-state index < -0.39 is 0 Å². The van der Waals surface area contributed by atoms with E-state index in [1.54, 1.807) is 30.7 Å². The van der Waals surface area contributed by atoms with Crippen LogP contribution in [0.25, 0.3) is 22.2 Å². The lowest BCUT2D eigenvalue weighted by atomic mass is 10.0. The quantitative estimate of drug-likeness (QED) is 0.553. The molecule has 0 atom stereocenters. The van der Waals surface area contributed by atoms with Crippen LogP contribution in [0, 0.1) is 19.7 Å². The number of benzene rings is 2. The first-order valence-electron chi connectivity index (χ1n) is 9.02.